The first kappa shape index (κ1) is 21.6. The summed E-state index contributed by atoms with van der Waals surface area (Å²) in [5.41, 5.74) is 6.76. The van der Waals surface area contributed by atoms with E-state index in [-0.39, 0.29) is 17.4 Å². The third-order valence-electron chi connectivity index (χ3n) is 3.44. The van der Waals surface area contributed by atoms with Crippen molar-refractivity contribution in [1.82, 2.24) is 10.9 Å². The molecular weight excluding hydrogens is 429 g/mol. The summed E-state index contributed by atoms with van der Waals surface area (Å²) in [4.78, 5) is 11.8. The van der Waals surface area contributed by atoms with Crippen LogP contribution >= 0.6 is 47.0 Å². The number of ether oxygens (including phenoxy) is 1. The minimum atomic E-state index is -0.204. The van der Waals surface area contributed by atoms with Gasteiger partial charge in [0.25, 0.3) is 0 Å². The van der Waals surface area contributed by atoms with E-state index in [0.29, 0.717) is 33.8 Å². The van der Waals surface area contributed by atoms with Crippen molar-refractivity contribution in [2.45, 2.75) is 19.8 Å². The lowest BCUT2D eigenvalue weighted by molar-refractivity contribution is -0.121. The van der Waals surface area contributed by atoms with Crippen molar-refractivity contribution >= 4 is 63.7 Å². The number of amides is 1. The van der Waals surface area contributed by atoms with E-state index in [2.05, 4.69) is 16.2 Å². The predicted molar refractivity (Wildman–Crippen MR) is 115 cm³/mol. The molecule has 0 aliphatic carbocycles. The van der Waals surface area contributed by atoms with E-state index in [4.69, 9.17) is 51.8 Å². The quantitative estimate of drug-likeness (QED) is 0.326. The SMILES string of the molecule is Cc1cc(Cl)ccc1OCCCC(=O)NNC(=S)Nc1ccc(Cl)c(Cl)c1. The molecule has 0 saturated heterocycles. The first-order valence-electron chi connectivity index (χ1n) is 8.05. The summed E-state index contributed by atoms with van der Waals surface area (Å²) in [7, 11) is 0. The smallest absolute Gasteiger partial charge is 0.238 e. The first-order chi connectivity index (χ1) is 12.8. The molecule has 0 fully saturated rings. The first-order valence-corrected chi connectivity index (χ1v) is 9.59. The molecule has 144 valence electrons. The fourth-order valence-corrected chi connectivity index (χ4v) is 2.81. The highest BCUT2D eigenvalue weighted by molar-refractivity contribution is 7.80. The minimum absolute atomic E-state index is 0.204. The number of benzene rings is 2. The maximum atomic E-state index is 11.8. The van der Waals surface area contributed by atoms with Crippen molar-refractivity contribution in [2.24, 2.45) is 0 Å². The molecule has 9 heteroatoms. The highest BCUT2D eigenvalue weighted by atomic mass is 35.5. The third-order valence-corrected chi connectivity index (χ3v) is 4.61. The third kappa shape index (κ3) is 7.42. The summed E-state index contributed by atoms with van der Waals surface area (Å²) in [6.45, 7) is 2.33. The van der Waals surface area contributed by atoms with Crippen LogP contribution in [0.1, 0.15) is 18.4 Å². The zero-order valence-corrected chi connectivity index (χ0v) is 17.5. The van der Waals surface area contributed by atoms with Crippen molar-refractivity contribution in [3.63, 3.8) is 0 Å². The fourth-order valence-electron chi connectivity index (χ4n) is 2.11. The highest BCUT2D eigenvalue weighted by Gasteiger charge is 2.05. The number of rotatable bonds is 6. The van der Waals surface area contributed by atoms with Crippen molar-refractivity contribution in [3.05, 3.63) is 57.0 Å². The topological polar surface area (TPSA) is 62.4 Å². The summed E-state index contributed by atoms with van der Waals surface area (Å²) in [6.07, 6.45) is 0.845. The van der Waals surface area contributed by atoms with Crippen LogP contribution in [-0.2, 0) is 4.79 Å². The maximum absolute atomic E-state index is 11.8. The van der Waals surface area contributed by atoms with Gasteiger partial charge in [0.15, 0.2) is 5.11 Å². The van der Waals surface area contributed by atoms with Crippen molar-refractivity contribution in [2.75, 3.05) is 11.9 Å². The molecule has 0 saturated carbocycles. The van der Waals surface area contributed by atoms with Gasteiger partial charge in [-0.3, -0.25) is 15.6 Å². The van der Waals surface area contributed by atoms with Crippen LogP contribution in [0, 0.1) is 6.92 Å². The molecule has 0 radical (unpaired) electrons. The maximum Gasteiger partial charge on any atom is 0.238 e. The van der Waals surface area contributed by atoms with E-state index < -0.39 is 0 Å². The standard InChI is InChI=1S/C18H18Cl3N3O2S/c1-11-9-12(19)4-7-16(11)26-8-2-3-17(25)23-24-18(27)22-13-5-6-14(20)15(21)10-13/h4-7,9-10H,2-3,8H2,1H3,(H,23,25)(H2,22,24,27). The molecule has 0 heterocycles. The van der Waals surface area contributed by atoms with Crippen LogP contribution in [-0.4, -0.2) is 17.6 Å². The number of carbonyl (C=O) groups excluding carboxylic acids is 1. The predicted octanol–water partition coefficient (Wildman–Crippen LogP) is 5.13. The van der Waals surface area contributed by atoms with Gasteiger partial charge in [0.2, 0.25) is 5.91 Å². The van der Waals surface area contributed by atoms with Crippen LogP contribution in [0.15, 0.2) is 36.4 Å². The summed E-state index contributed by atoms with van der Waals surface area (Å²) in [6, 6.07) is 10.4. The van der Waals surface area contributed by atoms with Crippen LogP contribution in [0.2, 0.25) is 15.1 Å². The molecule has 0 atom stereocenters. The van der Waals surface area contributed by atoms with Crippen molar-refractivity contribution in [1.29, 1.82) is 0 Å². The average Bonchev–Trinajstić information content (AvgIpc) is 2.61. The van der Waals surface area contributed by atoms with E-state index in [9.17, 15) is 4.79 Å². The lowest BCUT2D eigenvalue weighted by atomic mass is 10.2. The van der Waals surface area contributed by atoms with Gasteiger partial charge in [0, 0.05) is 17.1 Å². The summed E-state index contributed by atoms with van der Waals surface area (Å²) >= 11 is 22.8. The van der Waals surface area contributed by atoms with Crippen molar-refractivity contribution < 1.29 is 9.53 Å². The van der Waals surface area contributed by atoms with Gasteiger partial charge in [-0.05, 0) is 67.5 Å². The van der Waals surface area contributed by atoms with Crippen LogP contribution < -0.4 is 20.9 Å². The largest absolute Gasteiger partial charge is 0.493 e. The molecular formula is C18H18Cl3N3O2S. The molecule has 2 aromatic rings. The van der Waals surface area contributed by atoms with E-state index in [1.807, 2.05) is 19.1 Å². The van der Waals surface area contributed by atoms with Gasteiger partial charge in [-0.25, -0.2) is 0 Å². The van der Waals surface area contributed by atoms with Crippen LogP contribution in [0.4, 0.5) is 5.69 Å². The van der Waals surface area contributed by atoms with Gasteiger partial charge in [-0.15, -0.1) is 0 Å². The zero-order valence-electron chi connectivity index (χ0n) is 14.4. The number of carbonyl (C=O) groups is 1. The molecule has 0 bridgehead atoms. The van der Waals surface area contributed by atoms with Crippen LogP contribution in [0.3, 0.4) is 0 Å². The van der Waals surface area contributed by atoms with E-state index in [1.165, 1.54) is 0 Å². The molecule has 0 spiro atoms. The number of hydrogen-bond donors (Lipinski definition) is 3. The molecule has 2 rings (SSSR count). The number of aryl methyl sites for hydroxylation is 1. The van der Waals surface area contributed by atoms with Gasteiger partial charge in [0.1, 0.15) is 5.75 Å². The Labute approximate surface area is 178 Å². The van der Waals surface area contributed by atoms with Gasteiger partial charge >= 0.3 is 0 Å². The van der Waals surface area contributed by atoms with Gasteiger partial charge in [0.05, 0.1) is 16.7 Å². The summed E-state index contributed by atoms with van der Waals surface area (Å²) < 4.78 is 5.65. The Hall–Kier alpha value is -1.73. The lowest BCUT2D eigenvalue weighted by Gasteiger charge is -2.12. The van der Waals surface area contributed by atoms with E-state index in [0.717, 1.165) is 11.3 Å². The summed E-state index contributed by atoms with van der Waals surface area (Å²) in [5, 5.41) is 4.64. The van der Waals surface area contributed by atoms with Crippen molar-refractivity contribution in [3.8, 4) is 5.75 Å². The van der Waals surface area contributed by atoms with E-state index in [1.54, 1.807) is 24.3 Å². The Balaban J connectivity index is 1.65. The molecule has 3 N–H and O–H groups in total. The minimum Gasteiger partial charge on any atom is -0.493 e. The zero-order chi connectivity index (χ0) is 19.8. The molecule has 0 aliphatic rings. The number of anilines is 1. The Morgan fingerprint density at radius 2 is 1.85 bits per heavy atom. The molecule has 0 aliphatic heterocycles. The fraction of sp³-hybridized carbons (Fsp3) is 0.222. The lowest BCUT2D eigenvalue weighted by Crippen LogP contribution is -2.43. The average molecular weight is 447 g/mol. The second kappa shape index (κ2) is 10.6. The van der Waals surface area contributed by atoms with Gasteiger partial charge in [-0.2, -0.15) is 0 Å². The molecule has 27 heavy (non-hydrogen) atoms. The number of halogens is 3. The Kier molecular flexibility index (Phi) is 8.44. The van der Waals surface area contributed by atoms with Crippen LogP contribution in [0.5, 0.6) is 5.75 Å². The molecule has 0 aromatic heterocycles. The molecule has 1 amide bonds. The number of hydrazine groups is 1. The molecule has 5 nitrogen and oxygen atoms in total. The monoisotopic (exact) mass is 445 g/mol. The molecule has 0 unspecified atom stereocenters. The van der Waals surface area contributed by atoms with Crippen LogP contribution in [0.25, 0.3) is 0 Å². The highest BCUT2D eigenvalue weighted by Crippen LogP contribution is 2.25. The number of thiocarbonyl (C=S) groups is 1. The molecule has 2 aromatic carbocycles. The Morgan fingerprint density at radius 1 is 1.07 bits per heavy atom. The Morgan fingerprint density at radius 3 is 2.56 bits per heavy atom. The second-order valence-corrected chi connectivity index (χ2v) is 7.28. The Bertz CT molecular complexity index is 833. The van der Waals surface area contributed by atoms with Gasteiger partial charge < -0.3 is 10.1 Å². The normalized spacial score (nSPS) is 10.2. The van der Waals surface area contributed by atoms with E-state index >= 15 is 0 Å². The summed E-state index contributed by atoms with van der Waals surface area (Å²) in [5.74, 6) is 0.551. The van der Waals surface area contributed by atoms with Gasteiger partial charge in [-0.1, -0.05) is 34.8 Å². The number of nitrogens with one attached hydrogen (secondary N) is 3. The second-order valence-electron chi connectivity index (χ2n) is 5.62. The number of hydrogen-bond acceptors (Lipinski definition) is 3.